The largest absolute Gasteiger partial charge is 0.391 e. The van der Waals surface area contributed by atoms with Gasteiger partial charge in [-0.05, 0) is 18.3 Å². The molecule has 0 saturated heterocycles. The molecule has 1 aromatic rings. The third kappa shape index (κ3) is 6.96. The number of aliphatic hydroxyl groups is 1. The molecule has 0 aliphatic carbocycles. The highest BCUT2D eigenvalue weighted by Crippen LogP contribution is 2.20. The molecule has 1 aromatic heterocycles. The highest BCUT2D eigenvalue weighted by atomic mass is 16.3. The van der Waals surface area contributed by atoms with Crippen LogP contribution >= 0.6 is 0 Å². The van der Waals surface area contributed by atoms with Gasteiger partial charge in [0.25, 0.3) is 0 Å². The average molecular weight is 266 g/mol. The lowest BCUT2D eigenvalue weighted by atomic mass is 9.89. The number of aromatic nitrogens is 2. The second-order valence-electron chi connectivity index (χ2n) is 6.02. The maximum Gasteiger partial charge on any atom is 0.147 e. The van der Waals surface area contributed by atoms with E-state index < -0.39 is 0 Å². The van der Waals surface area contributed by atoms with Gasteiger partial charge < -0.3 is 15.7 Å². The first-order chi connectivity index (χ1) is 8.90. The predicted octanol–water partition coefficient (Wildman–Crippen LogP) is 2.51. The van der Waals surface area contributed by atoms with Gasteiger partial charge in [-0.3, -0.25) is 4.98 Å². The van der Waals surface area contributed by atoms with Crippen molar-refractivity contribution in [2.75, 3.05) is 23.7 Å². The van der Waals surface area contributed by atoms with Crippen molar-refractivity contribution in [3.8, 4) is 0 Å². The molecule has 0 saturated carbocycles. The summed E-state index contributed by atoms with van der Waals surface area (Å²) in [6.45, 7) is 9.82. The van der Waals surface area contributed by atoms with E-state index in [-0.39, 0.29) is 11.5 Å². The Morgan fingerprint density at radius 2 is 1.84 bits per heavy atom. The van der Waals surface area contributed by atoms with E-state index in [0.29, 0.717) is 12.4 Å². The molecule has 0 aromatic carbocycles. The van der Waals surface area contributed by atoms with Crippen molar-refractivity contribution in [3.05, 3.63) is 12.4 Å². The Kier molecular flexibility index (Phi) is 6.02. The Bertz CT molecular complexity index is 376. The fourth-order valence-electron chi connectivity index (χ4n) is 1.79. The third-order valence-corrected chi connectivity index (χ3v) is 2.56. The number of nitrogens with zero attached hydrogens (tertiary/aromatic N) is 2. The molecule has 0 amide bonds. The van der Waals surface area contributed by atoms with Crippen molar-refractivity contribution in [1.29, 1.82) is 0 Å². The van der Waals surface area contributed by atoms with Gasteiger partial charge in [-0.15, -0.1) is 0 Å². The Morgan fingerprint density at radius 1 is 1.21 bits per heavy atom. The van der Waals surface area contributed by atoms with Crippen LogP contribution in [0.3, 0.4) is 0 Å². The first-order valence-electron chi connectivity index (χ1n) is 6.88. The summed E-state index contributed by atoms with van der Waals surface area (Å²) in [4.78, 5) is 8.50. The summed E-state index contributed by atoms with van der Waals surface area (Å²) in [6, 6.07) is 0. The molecule has 19 heavy (non-hydrogen) atoms. The van der Waals surface area contributed by atoms with Crippen LogP contribution in [-0.4, -0.2) is 34.3 Å². The summed E-state index contributed by atoms with van der Waals surface area (Å²) in [7, 11) is 0. The van der Waals surface area contributed by atoms with Crippen molar-refractivity contribution in [1.82, 2.24) is 9.97 Å². The molecule has 1 unspecified atom stereocenters. The summed E-state index contributed by atoms with van der Waals surface area (Å²) < 4.78 is 0. The van der Waals surface area contributed by atoms with E-state index in [1.54, 1.807) is 12.4 Å². The van der Waals surface area contributed by atoms with Gasteiger partial charge in [0.15, 0.2) is 0 Å². The van der Waals surface area contributed by atoms with Crippen LogP contribution in [0.15, 0.2) is 12.4 Å². The fraction of sp³-hybridized carbons (Fsp3) is 0.714. The van der Waals surface area contributed by atoms with Crippen LogP contribution in [0, 0.1) is 5.41 Å². The maximum atomic E-state index is 9.93. The van der Waals surface area contributed by atoms with Crippen LogP contribution in [0.4, 0.5) is 11.6 Å². The van der Waals surface area contributed by atoms with E-state index in [1.165, 1.54) is 0 Å². The topological polar surface area (TPSA) is 70.1 Å². The zero-order valence-corrected chi connectivity index (χ0v) is 12.4. The molecule has 108 valence electrons. The minimum atomic E-state index is -0.381. The zero-order valence-electron chi connectivity index (χ0n) is 12.4. The number of anilines is 2. The van der Waals surface area contributed by atoms with Gasteiger partial charge in [0.2, 0.25) is 0 Å². The standard InChI is InChI=1S/C14H26N4O/c1-5-6-16-12-9-15-10-13(18-12)17-8-11(19)7-14(2,3)4/h9-11,19H,5-8H2,1-4H3,(H2,16,17,18). The first kappa shape index (κ1) is 15.7. The molecule has 5 nitrogen and oxygen atoms in total. The Labute approximate surface area is 115 Å². The van der Waals surface area contributed by atoms with Crippen molar-refractivity contribution >= 4 is 11.6 Å². The van der Waals surface area contributed by atoms with E-state index in [1.807, 2.05) is 0 Å². The molecule has 0 fully saturated rings. The molecule has 1 atom stereocenters. The summed E-state index contributed by atoms with van der Waals surface area (Å²) in [5, 5.41) is 16.2. The molecular weight excluding hydrogens is 240 g/mol. The van der Waals surface area contributed by atoms with Crippen molar-refractivity contribution in [3.63, 3.8) is 0 Å². The minimum Gasteiger partial charge on any atom is -0.391 e. The lowest BCUT2D eigenvalue weighted by molar-refractivity contribution is 0.132. The van der Waals surface area contributed by atoms with Crippen LogP contribution in [-0.2, 0) is 0 Å². The van der Waals surface area contributed by atoms with Crippen LogP contribution in [0.2, 0.25) is 0 Å². The summed E-state index contributed by atoms with van der Waals surface area (Å²) in [6.07, 6.45) is 4.78. The zero-order chi connectivity index (χ0) is 14.3. The number of hydrogen-bond acceptors (Lipinski definition) is 5. The lowest BCUT2D eigenvalue weighted by Gasteiger charge is -2.22. The molecular formula is C14H26N4O. The molecule has 5 heteroatoms. The van der Waals surface area contributed by atoms with E-state index >= 15 is 0 Å². The normalized spacial score (nSPS) is 13.1. The van der Waals surface area contributed by atoms with Crippen LogP contribution in [0.25, 0.3) is 0 Å². The van der Waals surface area contributed by atoms with Gasteiger partial charge in [-0.25, -0.2) is 4.98 Å². The van der Waals surface area contributed by atoms with Gasteiger partial charge in [-0.1, -0.05) is 27.7 Å². The number of nitrogens with one attached hydrogen (secondary N) is 2. The Morgan fingerprint density at radius 3 is 2.42 bits per heavy atom. The molecule has 0 radical (unpaired) electrons. The summed E-state index contributed by atoms with van der Waals surface area (Å²) in [5.41, 5.74) is 0.122. The first-order valence-corrected chi connectivity index (χ1v) is 6.88. The number of aliphatic hydroxyl groups excluding tert-OH is 1. The summed E-state index contributed by atoms with van der Waals surface area (Å²) >= 11 is 0. The molecule has 0 aliphatic heterocycles. The van der Waals surface area contributed by atoms with Gasteiger partial charge in [0, 0.05) is 13.1 Å². The molecule has 1 rings (SSSR count). The number of rotatable bonds is 7. The molecule has 0 spiro atoms. The van der Waals surface area contributed by atoms with E-state index in [4.69, 9.17) is 0 Å². The SMILES string of the molecule is CCCNc1cncc(NCC(O)CC(C)(C)C)n1. The molecule has 1 heterocycles. The average Bonchev–Trinajstić information content (AvgIpc) is 2.32. The molecule has 0 bridgehead atoms. The van der Waals surface area contributed by atoms with Gasteiger partial charge in [0.1, 0.15) is 11.6 Å². The maximum absolute atomic E-state index is 9.93. The van der Waals surface area contributed by atoms with Crippen molar-refractivity contribution < 1.29 is 5.11 Å². The predicted molar refractivity (Wildman–Crippen MR) is 79.4 cm³/mol. The van der Waals surface area contributed by atoms with Crippen LogP contribution < -0.4 is 10.6 Å². The van der Waals surface area contributed by atoms with Crippen LogP contribution in [0.5, 0.6) is 0 Å². The van der Waals surface area contributed by atoms with Crippen molar-refractivity contribution in [2.45, 2.75) is 46.6 Å². The smallest absolute Gasteiger partial charge is 0.147 e. The third-order valence-electron chi connectivity index (χ3n) is 2.56. The van der Waals surface area contributed by atoms with Crippen molar-refractivity contribution in [2.24, 2.45) is 5.41 Å². The highest BCUT2D eigenvalue weighted by molar-refractivity contribution is 5.41. The number of hydrogen-bond donors (Lipinski definition) is 3. The lowest BCUT2D eigenvalue weighted by Crippen LogP contribution is -2.25. The highest BCUT2D eigenvalue weighted by Gasteiger charge is 2.16. The second kappa shape index (κ2) is 7.28. The summed E-state index contributed by atoms with van der Waals surface area (Å²) in [5.74, 6) is 1.45. The van der Waals surface area contributed by atoms with E-state index in [9.17, 15) is 5.11 Å². The van der Waals surface area contributed by atoms with Gasteiger partial charge in [-0.2, -0.15) is 0 Å². The molecule has 0 aliphatic rings. The van der Waals surface area contributed by atoms with E-state index in [2.05, 4.69) is 48.3 Å². The van der Waals surface area contributed by atoms with Crippen LogP contribution in [0.1, 0.15) is 40.5 Å². The minimum absolute atomic E-state index is 0.122. The van der Waals surface area contributed by atoms with Gasteiger partial charge >= 0.3 is 0 Å². The second-order valence-corrected chi connectivity index (χ2v) is 6.02. The quantitative estimate of drug-likeness (QED) is 0.707. The van der Waals surface area contributed by atoms with Gasteiger partial charge in [0.05, 0.1) is 18.5 Å². The Balaban J connectivity index is 2.44. The van der Waals surface area contributed by atoms with E-state index in [0.717, 1.165) is 25.2 Å². The Hall–Kier alpha value is -1.36. The molecule has 3 N–H and O–H groups in total. The fourth-order valence-corrected chi connectivity index (χ4v) is 1.79. The monoisotopic (exact) mass is 266 g/mol.